The molecule has 0 saturated carbocycles. The third kappa shape index (κ3) is 2.47. The first-order valence-electron chi connectivity index (χ1n) is 7.04. The highest BCUT2D eigenvalue weighted by Gasteiger charge is 2.06. The van der Waals surface area contributed by atoms with Gasteiger partial charge in [-0.1, -0.05) is 48.5 Å². The molecule has 0 aromatic heterocycles. The van der Waals surface area contributed by atoms with Crippen molar-refractivity contribution in [3.05, 3.63) is 54.6 Å². The molecule has 0 amide bonds. The molecule has 0 saturated heterocycles. The van der Waals surface area contributed by atoms with Gasteiger partial charge in [-0.25, -0.2) is 0 Å². The molecule has 0 radical (unpaired) electrons. The van der Waals surface area contributed by atoms with Crippen LogP contribution in [0.3, 0.4) is 0 Å². The second-order valence-electron chi connectivity index (χ2n) is 4.92. The Morgan fingerprint density at radius 3 is 2.30 bits per heavy atom. The van der Waals surface area contributed by atoms with Gasteiger partial charge in [0.25, 0.3) is 0 Å². The maximum absolute atomic E-state index is 8.82. The van der Waals surface area contributed by atoms with E-state index in [0.717, 1.165) is 24.0 Å². The summed E-state index contributed by atoms with van der Waals surface area (Å²) in [6.45, 7) is 0.866. The minimum Gasteiger partial charge on any atom is -0.493 e. The van der Waals surface area contributed by atoms with Crippen LogP contribution in [0.5, 0.6) is 5.75 Å². The predicted octanol–water partition coefficient (Wildman–Crippen LogP) is 4.14. The summed E-state index contributed by atoms with van der Waals surface area (Å²) in [6, 6.07) is 18.8. The van der Waals surface area contributed by atoms with Crippen molar-refractivity contribution in [1.82, 2.24) is 0 Å². The number of aliphatic hydroxyl groups is 1. The average molecular weight is 266 g/mol. The van der Waals surface area contributed by atoms with E-state index in [-0.39, 0.29) is 6.61 Å². The highest BCUT2D eigenvalue weighted by atomic mass is 16.5. The zero-order valence-electron chi connectivity index (χ0n) is 11.4. The minimum atomic E-state index is 0.224. The fourth-order valence-corrected chi connectivity index (χ4v) is 2.54. The lowest BCUT2D eigenvalue weighted by Crippen LogP contribution is -1.99. The topological polar surface area (TPSA) is 29.5 Å². The van der Waals surface area contributed by atoms with Gasteiger partial charge in [-0.05, 0) is 35.1 Å². The lowest BCUT2D eigenvalue weighted by Gasteiger charge is -2.12. The van der Waals surface area contributed by atoms with Crippen molar-refractivity contribution in [3.63, 3.8) is 0 Å². The number of ether oxygens (including phenoxy) is 1. The molecule has 1 N–H and O–H groups in total. The second-order valence-corrected chi connectivity index (χ2v) is 4.92. The Morgan fingerprint density at radius 1 is 0.800 bits per heavy atom. The van der Waals surface area contributed by atoms with Gasteiger partial charge in [0.05, 0.1) is 6.61 Å². The summed E-state index contributed by atoms with van der Waals surface area (Å²) in [6.07, 6.45) is 1.66. The van der Waals surface area contributed by atoms with Crippen LogP contribution in [0.4, 0.5) is 0 Å². The van der Waals surface area contributed by atoms with Crippen LogP contribution in [-0.4, -0.2) is 18.3 Å². The molecule has 0 bridgehead atoms. The maximum atomic E-state index is 8.82. The number of fused-ring (bicyclic) bond motifs is 3. The summed E-state index contributed by atoms with van der Waals surface area (Å²) in [7, 11) is 0. The van der Waals surface area contributed by atoms with Crippen LogP contribution < -0.4 is 4.74 Å². The summed E-state index contributed by atoms with van der Waals surface area (Å²) in [5, 5.41) is 13.6. The van der Waals surface area contributed by atoms with Crippen molar-refractivity contribution in [3.8, 4) is 5.75 Å². The summed E-state index contributed by atoms with van der Waals surface area (Å²) < 4.78 is 5.92. The molecule has 0 heterocycles. The molecule has 0 aliphatic rings. The number of rotatable bonds is 5. The molecule has 2 nitrogen and oxygen atoms in total. The molecular weight excluding hydrogens is 248 g/mol. The minimum absolute atomic E-state index is 0.224. The Morgan fingerprint density at radius 2 is 1.50 bits per heavy atom. The quantitative estimate of drug-likeness (QED) is 0.555. The van der Waals surface area contributed by atoms with E-state index < -0.39 is 0 Å². The molecule has 0 unspecified atom stereocenters. The van der Waals surface area contributed by atoms with E-state index >= 15 is 0 Å². The highest BCUT2D eigenvalue weighted by molar-refractivity contribution is 6.10. The van der Waals surface area contributed by atoms with Crippen molar-refractivity contribution in [1.29, 1.82) is 0 Å². The highest BCUT2D eigenvalue weighted by Crippen LogP contribution is 2.33. The first-order valence-corrected chi connectivity index (χ1v) is 7.04. The van der Waals surface area contributed by atoms with E-state index in [2.05, 4.69) is 42.5 Å². The Kier molecular flexibility index (Phi) is 3.84. The molecule has 0 aliphatic heterocycles. The molecule has 3 aromatic carbocycles. The van der Waals surface area contributed by atoms with E-state index in [1.54, 1.807) is 0 Å². The number of hydrogen-bond donors (Lipinski definition) is 1. The number of benzene rings is 3. The van der Waals surface area contributed by atoms with Gasteiger partial charge < -0.3 is 9.84 Å². The van der Waals surface area contributed by atoms with Gasteiger partial charge in [0, 0.05) is 12.0 Å². The lowest BCUT2D eigenvalue weighted by molar-refractivity contribution is 0.254. The normalized spacial score (nSPS) is 11.1. The smallest absolute Gasteiger partial charge is 0.127 e. The average Bonchev–Trinajstić information content (AvgIpc) is 2.51. The second kappa shape index (κ2) is 5.93. The SMILES string of the molecule is OCCCCOc1cc2ccccc2c2ccccc12. The van der Waals surface area contributed by atoms with E-state index in [4.69, 9.17) is 9.84 Å². The Bertz CT molecular complexity index is 719. The van der Waals surface area contributed by atoms with Crippen LogP contribution in [0.1, 0.15) is 12.8 Å². The van der Waals surface area contributed by atoms with Crippen LogP contribution in [0.15, 0.2) is 54.6 Å². The largest absolute Gasteiger partial charge is 0.493 e. The molecular formula is C18H18O2. The third-order valence-electron chi connectivity index (χ3n) is 3.54. The molecule has 2 heteroatoms. The molecule has 3 rings (SSSR count). The zero-order chi connectivity index (χ0) is 13.8. The van der Waals surface area contributed by atoms with Gasteiger partial charge in [0.2, 0.25) is 0 Å². The molecule has 0 atom stereocenters. The zero-order valence-corrected chi connectivity index (χ0v) is 11.4. The Hall–Kier alpha value is -2.06. The monoisotopic (exact) mass is 266 g/mol. The van der Waals surface area contributed by atoms with Crippen LogP contribution in [0.2, 0.25) is 0 Å². The van der Waals surface area contributed by atoms with Gasteiger partial charge >= 0.3 is 0 Å². The van der Waals surface area contributed by atoms with E-state index in [1.165, 1.54) is 16.2 Å². The third-order valence-corrected chi connectivity index (χ3v) is 3.54. The van der Waals surface area contributed by atoms with Crippen LogP contribution in [-0.2, 0) is 0 Å². The van der Waals surface area contributed by atoms with Crippen LogP contribution >= 0.6 is 0 Å². The van der Waals surface area contributed by atoms with Gasteiger partial charge in [0.1, 0.15) is 5.75 Å². The van der Waals surface area contributed by atoms with Crippen molar-refractivity contribution < 1.29 is 9.84 Å². The van der Waals surface area contributed by atoms with Crippen molar-refractivity contribution >= 4 is 21.5 Å². The molecule has 0 fully saturated rings. The number of aliphatic hydroxyl groups excluding tert-OH is 1. The Balaban J connectivity index is 2.05. The van der Waals surface area contributed by atoms with Gasteiger partial charge in [-0.2, -0.15) is 0 Å². The predicted molar refractivity (Wildman–Crippen MR) is 83.3 cm³/mol. The molecule has 3 aromatic rings. The van der Waals surface area contributed by atoms with E-state index in [0.29, 0.717) is 6.61 Å². The van der Waals surface area contributed by atoms with Gasteiger partial charge in [-0.3, -0.25) is 0 Å². The van der Waals surface area contributed by atoms with Crippen molar-refractivity contribution in [2.75, 3.05) is 13.2 Å². The van der Waals surface area contributed by atoms with Crippen molar-refractivity contribution in [2.24, 2.45) is 0 Å². The number of hydrogen-bond acceptors (Lipinski definition) is 2. The van der Waals surface area contributed by atoms with Crippen LogP contribution in [0.25, 0.3) is 21.5 Å². The first-order chi connectivity index (χ1) is 9.90. The summed E-state index contributed by atoms with van der Waals surface area (Å²) in [5.74, 6) is 0.928. The van der Waals surface area contributed by atoms with Crippen LogP contribution in [0, 0.1) is 0 Å². The maximum Gasteiger partial charge on any atom is 0.127 e. The lowest BCUT2D eigenvalue weighted by atomic mass is 10.0. The Labute approximate surface area is 118 Å². The van der Waals surface area contributed by atoms with Gasteiger partial charge in [0.15, 0.2) is 0 Å². The fourth-order valence-electron chi connectivity index (χ4n) is 2.54. The van der Waals surface area contributed by atoms with Gasteiger partial charge in [-0.15, -0.1) is 0 Å². The fraction of sp³-hybridized carbons (Fsp3) is 0.222. The summed E-state index contributed by atoms with van der Waals surface area (Å²) in [5.41, 5.74) is 0. The standard InChI is InChI=1S/C18H18O2/c19-11-5-6-12-20-18-13-14-7-1-2-8-15(14)16-9-3-4-10-17(16)18/h1-4,7-10,13,19H,5-6,11-12H2. The van der Waals surface area contributed by atoms with E-state index in [1.807, 2.05) is 12.1 Å². The summed E-state index contributed by atoms with van der Waals surface area (Å²) in [4.78, 5) is 0. The molecule has 102 valence electrons. The molecule has 0 aliphatic carbocycles. The van der Waals surface area contributed by atoms with Crippen molar-refractivity contribution in [2.45, 2.75) is 12.8 Å². The number of unbranched alkanes of at least 4 members (excludes halogenated alkanes) is 1. The summed E-state index contributed by atoms with van der Waals surface area (Å²) >= 11 is 0. The molecule has 20 heavy (non-hydrogen) atoms. The molecule has 0 spiro atoms. The first kappa shape index (κ1) is 12.9. The van der Waals surface area contributed by atoms with E-state index in [9.17, 15) is 0 Å².